The number of hydrogen-bond donors (Lipinski definition) is 1. The van der Waals surface area contributed by atoms with Gasteiger partial charge in [0.15, 0.2) is 6.61 Å². The first-order valence-corrected chi connectivity index (χ1v) is 8.15. The number of hydrazone groups is 1. The summed E-state index contributed by atoms with van der Waals surface area (Å²) in [7, 11) is 0. The van der Waals surface area contributed by atoms with Gasteiger partial charge in [-0.15, -0.1) is 0 Å². The maximum Gasteiger partial charge on any atom is 0.277 e. The number of carbonyl (C=O) groups excluding carboxylic acids is 1. The number of nitro groups is 2. The van der Waals surface area contributed by atoms with Crippen molar-refractivity contribution >= 4 is 23.0 Å². The first-order valence-electron chi connectivity index (χ1n) is 8.15. The molecule has 28 heavy (non-hydrogen) atoms. The van der Waals surface area contributed by atoms with E-state index in [2.05, 4.69) is 10.5 Å². The minimum atomic E-state index is -0.515. The van der Waals surface area contributed by atoms with Crippen LogP contribution in [-0.2, 0) is 4.79 Å². The second kappa shape index (κ2) is 8.71. The summed E-state index contributed by atoms with van der Waals surface area (Å²) in [5.41, 5.74) is 4.43. The molecule has 0 atom stereocenters. The molecule has 2 aromatic rings. The van der Waals surface area contributed by atoms with Crippen molar-refractivity contribution in [3.63, 3.8) is 0 Å². The lowest BCUT2D eigenvalue weighted by Crippen LogP contribution is -2.26. The van der Waals surface area contributed by atoms with Crippen LogP contribution in [0.5, 0.6) is 5.75 Å². The number of hydrogen-bond acceptors (Lipinski definition) is 7. The van der Waals surface area contributed by atoms with Gasteiger partial charge in [0.25, 0.3) is 17.3 Å². The zero-order valence-corrected chi connectivity index (χ0v) is 15.5. The van der Waals surface area contributed by atoms with Crippen molar-refractivity contribution in [1.82, 2.24) is 5.43 Å². The van der Waals surface area contributed by atoms with Gasteiger partial charge in [-0.05, 0) is 49.6 Å². The van der Waals surface area contributed by atoms with Gasteiger partial charge in [-0.1, -0.05) is 0 Å². The number of ether oxygens (including phenoxy) is 1. The van der Waals surface area contributed by atoms with Crippen molar-refractivity contribution in [3.05, 3.63) is 73.3 Å². The van der Waals surface area contributed by atoms with Gasteiger partial charge in [0.1, 0.15) is 5.75 Å². The van der Waals surface area contributed by atoms with Crippen LogP contribution in [0.1, 0.15) is 23.6 Å². The number of non-ortho nitro benzene ring substituents is 2. The Bertz CT molecular complexity index is 930. The number of amides is 1. The van der Waals surface area contributed by atoms with E-state index in [1.54, 1.807) is 20.8 Å². The fourth-order valence-electron chi connectivity index (χ4n) is 2.47. The molecule has 0 fully saturated rings. The molecule has 0 aliphatic heterocycles. The van der Waals surface area contributed by atoms with Gasteiger partial charge in [0, 0.05) is 24.3 Å². The molecule has 0 bridgehead atoms. The van der Waals surface area contributed by atoms with Crippen molar-refractivity contribution in [1.29, 1.82) is 0 Å². The van der Waals surface area contributed by atoms with Gasteiger partial charge in [0.2, 0.25) is 0 Å². The molecule has 10 heteroatoms. The number of carbonyl (C=O) groups is 1. The summed E-state index contributed by atoms with van der Waals surface area (Å²) >= 11 is 0. The molecular weight excluding hydrogens is 368 g/mol. The first kappa shape index (κ1) is 20.5. The summed E-state index contributed by atoms with van der Waals surface area (Å²) in [6, 6.07) is 8.50. The third-order valence-corrected chi connectivity index (χ3v) is 3.85. The van der Waals surface area contributed by atoms with E-state index in [0.717, 1.165) is 0 Å². The Morgan fingerprint density at radius 3 is 2.07 bits per heavy atom. The highest BCUT2D eigenvalue weighted by Crippen LogP contribution is 2.28. The molecule has 0 unspecified atom stereocenters. The number of aryl methyl sites for hydroxylation is 2. The van der Waals surface area contributed by atoms with Crippen molar-refractivity contribution in [2.75, 3.05) is 6.61 Å². The molecule has 0 saturated carbocycles. The van der Waals surface area contributed by atoms with E-state index < -0.39 is 15.8 Å². The normalized spacial score (nSPS) is 11.0. The molecule has 146 valence electrons. The molecule has 1 amide bonds. The third kappa shape index (κ3) is 5.10. The second-order valence-electron chi connectivity index (χ2n) is 5.99. The number of nitrogens with one attached hydrogen (secondary N) is 1. The smallest absolute Gasteiger partial charge is 0.277 e. The Morgan fingerprint density at radius 1 is 1.04 bits per heavy atom. The molecule has 0 heterocycles. The van der Waals surface area contributed by atoms with Crippen LogP contribution in [0.2, 0.25) is 0 Å². The van der Waals surface area contributed by atoms with Gasteiger partial charge in [0.05, 0.1) is 15.6 Å². The Labute approximate surface area is 160 Å². The van der Waals surface area contributed by atoms with Crippen molar-refractivity contribution < 1.29 is 19.4 Å². The lowest BCUT2D eigenvalue weighted by atomic mass is 10.1. The average Bonchev–Trinajstić information content (AvgIpc) is 2.65. The predicted octanol–water partition coefficient (Wildman–Crippen LogP) is 3.04. The first-order chi connectivity index (χ1) is 13.2. The summed E-state index contributed by atoms with van der Waals surface area (Å²) in [4.78, 5) is 32.5. The second-order valence-corrected chi connectivity index (χ2v) is 5.99. The van der Waals surface area contributed by atoms with E-state index in [4.69, 9.17) is 4.74 Å². The average molecular weight is 386 g/mol. The quantitative estimate of drug-likeness (QED) is 0.441. The highest BCUT2D eigenvalue weighted by molar-refractivity contribution is 5.99. The topological polar surface area (TPSA) is 137 Å². The zero-order chi connectivity index (χ0) is 20.8. The number of rotatable bonds is 7. The van der Waals surface area contributed by atoms with Crippen molar-refractivity contribution in [3.8, 4) is 5.75 Å². The monoisotopic (exact) mass is 386 g/mol. The van der Waals surface area contributed by atoms with Crippen LogP contribution >= 0.6 is 0 Å². The Hall–Kier alpha value is -3.82. The van der Waals surface area contributed by atoms with Crippen LogP contribution < -0.4 is 10.2 Å². The molecule has 0 aliphatic rings. The highest BCUT2D eigenvalue weighted by atomic mass is 16.6. The van der Waals surface area contributed by atoms with E-state index in [-0.39, 0.29) is 18.0 Å². The molecule has 0 aliphatic carbocycles. The fraction of sp³-hybridized carbons (Fsp3) is 0.222. The van der Waals surface area contributed by atoms with Gasteiger partial charge in [-0.25, -0.2) is 5.43 Å². The van der Waals surface area contributed by atoms with Crippen molar-refractivity contribution in [2.24, 2.45) is 5.10 Å². The summed E-state index contributed by atoms with van der Waals surface area (Å²) in [6.07, 6.45) is 0. The summed E-state index contributed by atoms with van der Waals surface area (Å²) in [5, 5.41) is 25.5. The Morgan fingerprint density at radius 2 is 1.57 bits per heavy atom. The molecular formula is C18H18N4O6. The highest BCUT2D eigenvalue weighted by Gasteiger charge is 2.14. The van der Waals surface area contributed by atoms with Crippen LogP contribution in [0.4, 0.5) is 11.4 Å². The van der Waals surface area contributed by atoms with Gasteiger partial charge in [-0.2, -0.15) is 5.10 Å². The molecule has 0 radical (unpaired) electrons. The van der Waals surface area contributed by atoms with Crippen LogP contribution in [-0.4, -0.2) is 28.1 Å². The third-order valence-electron chi connectivity index (χ3n) is 3.85. The molecule has 10 nitrogen and oxygen atoms in total. The van der Waals surface area contributed by atoms with E-state index in [1.165, 1.54) is 36.4 Å². The molecule has 2 aromatic carbocycles. The summed E-state index contributed by atoms with van der Waals surface area (Å²) in [6.45, 7) is 4.64. The van der Waals surface area contributed by atoms with Crippen LogP contribution in [0.15, 0.2) is 41.5 Å². The summed E-state index contributed by atoms with van der Waals surface area (Å²) in [5.74, 6) is -0.116. The van der Waals surface area contributed by atoms with E-state index in [9.17, 15) is 25.0 Å². The van der Waals surface area contributed by atoms with Crippen LogP contribution in [0.3, 0.4) is 0 Å². The lowest BCUT2D eigenvalue weighted by molar-refractivity contribution is -0.385. The molecule has 0 aromatic heterocycles. The molecule has 1 N–H and O–H groups in total. The minimum absolute atomic E-state index is 0.0391. The minimum Gasteiger partial charge on any atom is -0.483 e. The van der Waals surface area contributed by atoms with E-state index in [0.29, 0.717) is 28.2 Å². The van der Waals surface area contributed by atoms with Gasteiger partial charge in [-0.3, -0.25) is 25.0 Å². The van der Waals surface area contributed by atoms with Crippen molar-refractivity contribution in [2.45, 2.75) is 20.8 Å². The van der Waals surface area contributed by atoms with E-state index >= 15 is 0 Å². The van der Waals surface area contributed by atoms with E-state index in [1.807, 2.05) is 0 Å². The summed E-state index contributed by atoms with van der Waals surface area (Å²) < 4.78 is 5.47. The van der Waals surface area contributed by atoms with Gasteiger partial charge >= 0.3 is 0 Å². The zero-order valence-electron chi connectivity index (χ0n) is 15.5. The lowest BCUT2D eigenvalue weighted by Gasteiger charge is -2.11. The largest absolute Gasteiger partial charge is 0.483 e. The number of benzene rings is 2. The SMILES string of the molecule is C/C(=N/NC(=O)COc1c(C)cc([N+](=O)[O-])cc1C)c1ccc([N+](=O)[O-])cc1. The number of nitro benzene ring substituents is 2. The maximum atomic E-state index is 12.0. The Balaban J connectivity index is 1.98. The van der Waals surface area contributed by atoms with Crippen LogP contribution in [0, 0.1) is 34.1 Å². The number of nitrogens with zero attached hydrogens (tertiary/aromatic N) is 3. The molecule has 2 rings (SSSR count). The maximum absolute atomic E-state index is 12.0. The standard InChI is InChI=1S/C18H18N4O6/c1-11-8-16(22(26)27)9-12(2)18(11)28-10-17(23)20-19-13(3)14-4-6-15(7-5-14)21(24)25/h4-9H,10H2,1-3H3,(H,20,23)/b19-13-. The Kier molecular flexibility index (Phi) is 6.38. The molecule has 0 saturated heterocycles. The van der Waals surface area contributed by atoms with Crippen LogP contribution in [0.25, 0.3) is 0 Å². The molecule has 0 spiro atoms. The van der Waals surface area contributed by atoms with Gasteiger partial charge < -0.3 is 4.74 Å². The fourth-order valence-corrected chi connectivity index (χ4v) is 2.47. The predicted molar refractivity (Wildman–Crippen MR) is 102 cm³/mol.